The predicted molar refractivity (Wildman–Crippen MR) is 96.8 cm³/mol. The minimum absolute atomic E-state index is 0.00355. The third-order valence-electron chi connectivity index (χ3n) is 3.43. The molecule has 3 rings (SSSR count). The Hall–Kier alpha value is -2.45. The molecule has 1 heterocycles. The van der Waals surface area contributed by atoms with Crippen molar-refractivity contribution in [2.24, 2.45) is 0 Å². The van der Waals surface area contributed by atoms with E-state index in [0.29, 0.717) is 10.2 Å². The summed E-state index contributed by atoms with van der Waals surface area (Å²) in [6.45, 7) is 1.90. The number of amides is 1. The highest BCUT2D eigenvalue weighted by Gasteiger charge is 2.12. The van der Waals surface area contributed by atoms with Crippen LogP contribution >= 0.6 is 23.4 Å². The van der Waals surface area contributed by atoms with Gasteiger partial charge in [0.2, 0.25) is 5.91 Å². The fourth-order valence-electron chi connectivity index (χ4n) is 2.18. The fourth-order valence-corrected chi connectivity index (χ4v) is 3.09. The number of thioether (sulfide) groups is 1. The van der Waals surface area contributed by atoms with Crippen LogP contribution in [0.5, 0.6) is 0 Å². The van der Waals surface area contributed by atoms with E-state index in [1.54, 1.807) is 10.6 Å². The van der Waals surface area contributed by atoms with E-state index in [-0.39, 0.29) is 11.4 Å². The molecular weight excluding hydrogens is 382 g/mol. The molecule has 1 N–H and O–H groups in total. The standard InChI is InChI=1S/C17H13ClF2N4OS/c1-10-2-3-14(7-15(10)18)24-9-21-23-17(24)26-8-16(25)22-13-5-11(19)4-12(20)6-13/h2-7,9H,8H2,1H3,(H,22,25). The molecule has 0 fully saturated rings. The van der Waals surface area contributed by atoms with Crippen molar-refractivity contribution < 1.29 is 13.6 Å². The lowest BCUT2D eigenvalue weighted by Crippen LogP contribution is -2.14. The number of aromatic nitrogens is 3. The monoisotopic (exact) mass is 394 g/mol. The number of halogens is 3. The molecule has 3 aromatic rings. The van der Waals surface area contributed by atoms with Gasteiger partial charge in [-0.3, -0.25) is 9.36 Å². The van der Waals surface area contributed by atoms with E-state index in [9.17, 15) is 13.6 Å². The van der Waals surface area contributed by atoms with Gasteiger partial charge in [0.15, 0.2) is 5.16 Å². The van der Waals surface area contributed by atoms with Crippen LogP contribution in [0.3, 0.4) is 0 Å². The number of benzene rings is 2. The van der Waals surface area contributed by atoms with E-state index >= 15 is 0 Å². The molecule has 0 atom stereocenters. The number of nitrogens with zero attached hydrogens (tertiary/aromatic N) is 3. The van der Waals surface area contributed by atoms with Crippen LogP contribution in [0.1, 0.15) is 5.56 Å². The molecule has 9 heteroatoms. The first-order valence-corrected chi connectivity index (χ1v) is 8.84. The molecule has 0 spiro atoms. The van der Waals surface area contributed by atoms with Gasteiger partial charge in [-0.25, -0.2) is 8.78 Å². The molecule has 0 aliphatic carbocycles. The van der Waals surface area contributed by atoms with Gasteiger partial charge in [0.25, 0.3) is 0 Å². The highest BCUT2D eigenvalue weighted by Crippen LogP contribution is 2.24. The quantitative estimate of drug-likeness (QED) is 0.657. The summed E-state index contributed by atoms with van der Waals surface area (Å²) in [5, 5.41) is 11.4. The van der Waals surface area contributed by atoms with Crippen LogP contribution in [0.2, 0.25) is 5.02 Å². The molecule has 0 radical (unpaired) electrons. The Balaban J connectivity index is 1.68. The molecule has 5 nitrogen and oxygen atoms in total. The number of anilines is 1. The Morgan fingerprint density at radius 1 is 1.23 bits per heavy atom. The highest BCUT2D eigenvalue weighted by molar-refractivity contribution is 7.99. The third kappa shape index (κ3) is 4.39. The van der Waals surface area contributed by atoms with Gasteiger partial charge in [0.05, 0.1) is 11.4 Å². The maximum atomic E-state index is 13.2. The van der Waals surface area contributed by atoms with Gasteiger partial charge in [-0.2, -0.15) is 0 Å². The maximum Gasteiger partial charge on any atom is 0.234 e. The van der Waals surface area contributed by atoms with Crippen LogP contribution in [-0.2, 0) is 4.79 Å². The van der Waals surface area contributed by atoms with E-state index in [1.165, 1.54) is 6.33 Å². The van der Waals surface area contributed by atoms with Crippen LogP contribution in [-0.4, -0.2) is 26.4 Å². The summed E-state index contributed by atoms with van der Waals surface area (Å²) in [6, 6.07) is 8.34. The fraction of sp³-hybridized carbons (Fsp3) is 0.118. The average Bonchev–Trinajstić information content (AvgIpc) is 3.03. The lowest BCUT2D eigenvalue weighted by Gasteiger charge is -2.08. The second kappa shape index (κ2) is 7.84. The van der Waals surface area contributed by atoms with Crippen LogP contribution in [0.4, 0.5) is 14.5 Å². The van der Waals surface area contributed by atoms with Crippen LogP contribution in [0.25, 0.3) is 5.69 Å². The van der Waals surface area contributed by atoms with Gasteiger partial charge in [0.1, 0.15) is 18.0 Å². The Labute approximate surface area is 157 Å². The van der Waals surface area contributed by atoms with Crippen LogP contribution < -0.4 is 5.32 Å². The number of aryl methyl sites for hydroxylation is 1. The van der Waals surface area contributed by atoms with E-state index in [0.717, 1.165) is 41.2 Å². The zero-order valence-electron chi connectivity index (χ0n) is 13.5. The maximum absolute atomic E-state index is 13.2. The van der Waals surface area contributed by atoms with Crippen molar-refractivity contribution in [2.45, 2.75) is 12.1 Å². The molecule has 2 aromatic carbocycles. The minimum Gasteiger partial charge on any atom is -0.325 e. The summed E-state index contributed by atoms with van der Waals surface area (Å²) in [4.78, 5) is 12.0. The second-order valence-electron chi connectivity index (χ2n) is 5.41. The van der Waals surface area contributed by atoms with Crippen LogP contribution in [0, 0.1) is 18.6 Å². The number of hydrogen-bond acceptors (Lipinski definition) is 4. The summed E-state index contributed by atoms with van der Waals surface area (Å²) in [5.74, 6) is -1.94. The molecule has 0 saturated carbocycles. The summed E-state index contributed by atoms with van der Waals surface area (Å²) >= 11 is 7.28. The van der Waals surface area contributed by atoms with Crippen molar-refractivity contribution in [3.05, 3.63) is 64.9 Å². The lowest BCUT2D eigenvalue weighted by molar-refractivity contribution is -0.113. The largest absolute Gasteiger partial charge is 0.325 e. The lowest BCUT2D eigenvalue weighted by atomic mass is 10.2. The van der Waals surface area contributed by atoms with Gasteiger partial charge in [-0.05, 0) is 36.8 Å². The van der Waals surface area contributed by atoms with Crippen molar-refractivity contribution in [1.82, 2.24) is 14.8 Å². The summed E-state index contributed by atoms with van der Waals surface area (Å²) in [5.41, 5.74) is 1.76. The minimum atomic E-state index is -0.760. The number of hydrogen-bond donors (Lipinski definition) is 1. The third-order valence-corrected chi connectivity index (χ3v) is 4.78. The van der Waals surface area contributed by atoms with Crippen molar-refractivity contribution in [3.63, 3.8) is 0 Å². The molecule has 0 aliphatic rings. The SMILES string of the molecule is Cc1ccc(-n2cnnc2SCC(=O)Nc2cc(F)cc(F)c2)cc1Cl. The van der Waals surface area contributed by atoms with Crippen LogP contribution in [0.15, 0.2) is 47.9 Å². The smallest absolute Gasteiger partial charge is 0.234 e. The molecule has 1 aromatic heterocycles. The number of carbonyl (C=O) groups is 1. The van der Waals surface area contributed by atoms with Gasteiger partial charge >= 0.3 is 0 Å². The molecular formula is C17H13ClF2N4OS. The van der Waals surface area contributed by atoms with Gasteiger partial charge in [-0.1, -0.05) is 29.4 Å². The van der Waals surface area contributed by atoms with E-state index < -0.39 is 17.5 Å². The number of carbonyl (C=O) groups excluding carboxylic acids is 1. The van der Waals surface area contributed by atoms with E-state index in [1.807, 2.05) is 19.1 Å². The number of rotatable bonds is 5. The molecule has 0 bridgehead atoms. The summed E-state index contributed by atoms with van der Waals surface area (Å²) in [6.07, 6.45) is 1.52. The van der Waals surface area contributed by atoms with Gasteiger partial charge < -0.3 is 5.32 Å². The predicted octanol–water partition coefficient (Wildman–Crippen LogP) is 4.24. The number of nitrogens with one attached hydrogen (secondary N) is 1. The Morgan fingerprint density at radius 3 is 2.65 bits per heavy atom. The molecule has 1 amide bonds. The molecule has 26 heavy (non-hydrogen) atoms. The average molecular weight is 395 g/mol. The molecule has 0 saturated heterocycles. The molecule has 0 unspecified atom stereocenters. The Kier molecular flexibility index (Phi) is 5.53. The topological polar surface area (TPSA) is 59.8 Å². The molecule has 134 valence electrons. The van der Waals surface area contributed by atoms with Crippen molar-refractivity contribution in [2.75, 3.05) is 11.1 Å². The zero-order chi connectivity index (χ0) is 18.7. The zero-order valence-corrected chi connectivity index (χ0v) is 15.1. The second-order valence-corrected chi connectivity index (χ2v) is 6.76. The first kappa shape index (κ1) is 18.3. The molecule has 0 aliphatic heterocycles. The van der Waals surface area contributed by atoms with Crippen molar-refractivity contribution >= 4 is 35.0 Å². The van der Waals surface area contributed by atoms with Crippen molar-refractivity contribution in [1.29, 1.82) is 0 Å². The Morgan fingerprint density at radius 2 is 1.96 bits per heavy atom. The van der Waals surface area contributed by atoms with Gasteiger partial charge in [0, 0.05) is 16.8 Å². The Bertz CT molecular complexity index is 943. The van der Waals surface area contributed by atoms with E-state index in [2.05, 4.69) is 15.5 Å². The first-order valence-electron chi connectivity index (χ1n) is 7.47. The summed E-state index contributed by atoms with van der Waals surface area (Å²) < 4.78 is 28.0. The van der Waals surface area contributed by atoms with Gasteiger partial charge in [-0.15, -0.1) is 10.2 Å². The normalized spacial score (nSPS) is 10.8. The first-order chi connectivity index (χ1) is 12.4. The summed E-state index contributed by atoms with van der Waals surface area (Å²) in [7, 11) is 0. The van der Waals surface area contributed by atoms with E-state index in [4.69, 9.17) is 11.6 Å². The highest BCUT2D eigenvalue weighted by atomic mass is 35.5. The van der Waals surface area contributed by atoms with Crippen molar-refractivity contribution in [3.8, 4) is 5.69 Å².